The third kappa shape index (κ3) is 4.21. The van der Waals surface area contributed by atoms with Gasteiger partial charge in [0.05, 0.1) is 13.0 Å². The number of aromatic amines is 1. The van der Waals surface area contributed by atoms with Gasteiger partial charge in [-0.15, -0.1) is 0 Å². The van der Waals surface area contributed by atoms with Crippen LogP contribution in [0, 0.1) is 13.8 Å². The van der Waals surface area contributed by atoms with Crippen LogP contribution in [0.2, 0.25) is 0 Å². The molecule has 2 N–H and O–H groups in total. The Balaban J connectivity index is 1.66. The van der Waals surface area contributed by atoms with Crippen molar-refractivity contribution < 1.29 is 4.79 Å². The maximum Gasteiger partial charge on any atom is 0.254 e. The number of amides is 1. The van der Waals surface area contributed by atoms with E-state index in [1.807, 2.05) is 24.3 Å². The third-order valence-electron chi connectivity index (χ3n) is 4.07. The van der Waals surface area contributed by atoms with Gasteiger partial charge >= 0.3 is 0 Å². The Morgan fingerprint density at radius 1 is 1.23 bits per heavy atom. The van der Waals surface area contributed by atoms with E-state index in [0.717, 1.165) is 11.1 Å². The van der Waals surface area contributed by atoms with Crippen molar-refractivity contribution in [2.75, 3.05) is 0 Å². The summed E-state index contributed by atoms with van der Waals surface area (Å²) in [6.07, 6.45) is 3.13. The summed E-state index contributed by atoms with van der Waals surface area (Å²) in [5, 5.41) is 6.97. The Kier molecular flexibility index (Phi) is 5.21. The number of H-pyrrole nitrogens is 1. The van der Waals surface area contributed by atoms with Crippen LogP contribution in [0.4, 0.5) is 0 Å². The number of nitrogens with one attached hydrogen (secondary N) is 2. The fourth-order valence-corrected chi connectivity index (χ4v) is 2.75. The van der Waals surface area contributed by atoms with Crippen LogP contribution in [0.15, 0.2) is 41.7 Å². The number of carbonyl (C=O) groups excluding carboxylic acids is 1. The molecule has 0 unspecified atom stereocenters. The van der Waals surface area contributed by atoms with Crippen LogP contribution < -0.4 is 10.9 Å². The van der Waals surface area contributed by atoms with Crippen LogP contribution in [0.25, 0.3) is 0 Å². The predicted octanol–water partition coefficient (Wildman–Crippen LogP) is 0.885. The van der Waals surface area contributed by atoms with Crippen molar-refractivity contribution in [3.8, 4) is 0 Å². The summed E-state index contributed by atoms with van der Waals surface area (Å²) in [5.74, 6) is 0.318. The van der Waals surface area contributed by atoms with Gasteiger partial charge in [0.15, 0.2) is 0 Å². The summed E-state index contributed by atoms with van der Waals surface area (Å²) in [5.41, 5.74) is 2.74. The van der Waals surface area contributed by atoms with Crippen LogP contribution in [-0.2, 0) is 24.3 Å². The standard InChI is InChI=1S/C18H20N6O2/c1-12-16(18(26)23-13(2)22-12)7-17(25)20-8-14-5-3-4-6-15(14)9-24-11-19-10-21-24/h3-6,10-11H,7-9H2,1-2H3,(H,20,25)(H,22,23,26). The predicted molar refractivity (Wildman–Crippen MR) is 95.4 cm³/mol. The van der Waals surface area contributed by atoms with Gasteiger partial charge in [-0.25, -0.2) is 14.6 Å². The summed E-state index contributed by atoms with van der Waals surface area (Å²) in [4.78, 5) is 35.1. The van der Waals surface area contributed by atoms with Crippen LogP contribution >= 0.6 is 0 Å². The van der Waals surface area contributed by atoms with E-state index in [2.05, 4.69) is 25.4 Å². The summed E-state index contributed by atoms with van der Waals surface area (Å²) < 4.78 is 1.72. The topological polar surface area (TPSA) is 106 Å². The molecule has 8 heteroatoms. The molecule has 1 amide bonds. The van der Waals surface area contributed by atoms with Crippen molar-refractivity contribution in [2.45, 2.75) is 33.4 Å². The van der Waals surface area contributed by atoms with Crippen LogP contribution in [-0.4, -0.2) is 30.6 Å². The molecule has 0 aliphatic heterocycles. The van der Waals surface area contributed by atoms with Crippen molar-refractivity contribution in [1.29, 1.82) is 0 Å². The van der Waals surface area contributed by atoms with Gasteiger partial charge < -0.3 is 10.3 Å². The highest BCUT2D eigenvalue weighted by molar-refractivity contribution is 5.78. The lowest BCUT2D eigenvalue weighted by molar-refractivity contribution is -0.120. The van der Waals surface area contributed by atoms with Gasteiger partial charge in [-0.1, -0.05) is 24.3 Å². The molecular weight excluding hydrogens is 332 g/mol. The van der Waals surface area contributed by atoms with Crippen LogP contribution in [0.5, 0.6) is 0 Å². The highest BCUT2D eigenvalue weighted by Crippen LogP contribution is 2.10. The van der Waals surface area contributed by atoms with Crippen LogP contribution in [0.1, 0.15) is 28.2 Å². The average Bonchev–Trinajstić information content (AvgIpc) is 3.10. The van der Waals surface area contributed by atoms with E-state index in [1.165, 1.54) is 6.33 Å². The molecule has 134 valence electrons. The molecular formula is C18H20N6O2. The molecule has 3 rings (SSSR count). The summed E-state index contributed by atoms with van der Waals surface area (Å²) in [6, 6.07) is 7.81. The Bertz CT molecular complexity index is 962. The molecule has 8 nitrogen and oxygen atoms in total. The molecule has 1 aromatic carbocycles. The second-order valence-electron chi connectivity index (χ2n) is 6.03. The first kappa shape index (κ1) is 17.5. The molecule has 0 aliphatic rings. The van der Waals surface area contributed by atoms with Gasteiger partial charge in [0.25, 0.3) is 5.56 Å². The molecule has 2 heterocycles. The molecule has 0 saturated carbocycles. The number of rotatable bonds is 6. The first-order valence-corrected chi connectivity index (χ1v) is 8.25. The maximum atomic E-state index is 12.3. The summed E-state index contributed by atoms with van der Waals surface area (Å²) in [6.45, 7) is 4.40. The van der Waals surface area contributed by atoms with E-state index >= 15 is 0 Å². The van der Waals surface area contributed by atoms with E-state index in [9.17, 15) is 9.59 Å². The van der Waals surface area contributed by atoms with Crippen molar-refractivity contribution >= 4 is 5.91 Å². The van der Waals surface area contributed by atoms with Crippen molar-refractivity contribution in [3.05, 3.63) is 75.5 Å². The zero-order chi connectivity index (χ0) is 18.5. The van der Waals surface area contributed by atoms with Crippen molar-refractivity contribution in [1.82, 2.24) is 30.0 Å². The maximum absolute atomic E-state index is 12.3. The Hall–Kier alpha value is -3.29. The number of aromatic nitrogens is 5. The third-order valence-corrected chi connectivity index (χ3v) is 4.07. The van der Waals surface area contributed by atoms with E-state index in [-0.39, 0.29) is 17.9 Å². The molecule has 0 fully saturated rings. The Labute approximate surface area is 150 Å². The van der Waals surface area contributed by atoms with E-state index < -0.39 is 0 Å². The fraction of sp³-hybridized carbons (Fsp3) is 0.278. The molecule has 0 aliphatic carbocycles. The van der Waals surface area contributed by atoms with Gasteiger partial charge in [0.1, 0.15) is 18.5 Å². The minimum Gasteiger partial charge on any atom is -0.352 e. The van der Waals surface area contributed by atoms with Gasteiger partial charge in [-0.3, -0.25) is 9.59 Å². The molecule has 0 radical (unpaired) electrons. The largest absolute Gasteiger partial charge is 0.352 e. The average molecular weight is 352 g/mol. The van der Waals surface area contributed by atoms with Crippen molar-refractivity contribution in [2.24, 2.45) is 0 Å². The first-order valence-electron chi connectivity index (χ1n) is 8.25. The second-order valence-corrected chi connectivity index (χ2v) is 6.03. The van der Waals surface area contributed by atoms with Gasteiger partial charge in [-0.05, 0) is 25.0 Å². The number of hydrogen-bond acceptors (Lipinski definition) is 5. The molecule has 0 saturated heterocycles. The quantitative estimate of drug-likeness (QED) is 0.685. The number of carbonyl (C=O) groups is 1. The van der Waals surface area contributed by atoms with Gasteiger partial charge in [0, 0.05) is 17.8 Å². The van der Waals surface area contributed by atoms with E-state index in [0.29, 0.717) is 30.2 Å². The summed E-state index contributed by atoms with van der Waals surface area (Å²) in [7, 11) is 0. The highest BCUT2D eigenvalue weighted by atomic mass is 16.2. The smallest absolute Gasteiger partial charge is 0.254 e. The summed E-state index contributed by atoms with van der Waals surface area (Å²) >= 11 is 0. The highest BCUT2D eigenvalue weighted by Gasteiger charge is 2.12. The molecule has 3 aromatic rings. The van der Waals surface area contributed by atoms with E-state index in [1.54, 1.807) is 24.9 Å². The Morgan fingerprint density at radius 2 is 2.00 bits per heavy atom. The lowest BCUT2D eigenvalue weighted by Crippen LogP contribution is -2.29. The SMILES string of the molecule is Cc1nc(C)c(CC(=O)NCc2ccccc2Cn2cncn2)c(=O)[nH]1. The molecule has 0 bridgehead atoms. The van der Waals surface area contributed by atoms with E-state index in [4.69, 9.17) is 0 Å². The zero-order valence-electron chi connectivity index (χ0n) is 14.7. The number of hydrogen-bond donors (Lipinski definition) is 2. The molecule has 0 spiro atoms. The molecule has 0 atom stereocenters. The van der Waals surface area contributed by atoms with Crippen LogP contribution in [0.3, 0.4) is 0 Å². The minimum absolute atomic E-state index is 0.000308. The lowest BCUT2D eigenvalue weighted by Gasteiger charge is -2.11. The van der Waals surface area contributed by atoms with Gasteiger partial charge in [-0.2, -0.15) is 5.10 Å². The lowest BCUT2D eigenvalue weighted by atomic mass is 10.1. The zero-order valence-corrected chi connectivity index (χ0v) is 14.7. The number of nitrogens with zero attached hydrogens (tertiary/aromatic N) is 4. The first-order chi connectivity index (χ1) is 12.5. The number of benzene rings is 1. The van der Waals surface area contributed by atoms with Gasteiger partial charge in [0.2, 0.25) is 5.91 Å². The monoisotopic (exact) mass is 352 g/mol. The second kappa shape index (κ2) is 7.73. The molecule has 26 heavy (non-hydrogen) atoms. The minimum atomic E-state index is -0.267. The Morgan fingerprint density at radius 3 is 2.69 bits per heavy atom. The normalized spacial score (nSPS) is 10.7. The van der Waals surface area contributed by atoms with Crippen molar-refractivity contribution in [3.63, 3.8) is 0 Å². The fourth-order valence-electron chi connectivity index (χ4n) is 2.75. The molecule has 2 aromatic heterocycles. The number of aryl methyl sites for hydroxylation is 2.